The van der Waals surface area contributed by atoms with Gasteiger partial charge in [-0.2, -0.15) is 4.98 Å². The molecule has 0 unspecified atom stereocenters. The van der Waals surface area contributed by atoms with Crippen LogP contribution in [0.5, 0.6) is 0 Å². The van der Waals surface area contributed by atoms with Gasteiger partial charge in [-0.25, -0.2) is 4.79 Å². The third kappa shape index (κ3) is 4.69. The van der Waals surface area contributed by atoms with E-state index in [1.54, 1.807) is 13.8 Å². The number of carboxylic acids is 1. The number of hydrogen-bond donors (Lipinski definition) is 2. The first-order chi connectivity index (χ1) is 8.93. The summed E-state index contributed by atoms with van der Waals surface area (Å²) >= 11 is 0. The summed E-state index contributed by atoms with van der Waals surface area (Å²) in [5, 5.41) is 15.2. The van der Waals surface area contributed by atoms with Crippen molar-refractivity contribution in [3.8, 4) is 0 Å². The molecule has 1 heterocycles. The monoisotopic (exact) mass is 269 g/mol. The summed E-state index contributed by atoms with van der Waals surface area (Å²) < 4.78 is 4.88. The highest BCUT2D eigenvalue weighted by Gasteiger charge is 2.25. The number of amides is 1. The zero-order valence-corrected chi connectivity index (χ0v) is 11.3. The average molecular weight is 269 g/mol. The van der Waals surface area contributed by atoms with Gasteiger partial charge in [-0.15, -0.1) is 0 Å². The van der Waals surface area contributed by atoms with E-state index >= 15 is 0 Å². The van der Waals surface area contributed by atoms with Crippen LogP contribution in [0.15, 0.2) is 4.52 Å². The van der Waals surface area contributed by atoms with Crippen LogP contribution in [0.3, 0.4) is 0 Å². The molecule has 0 bridgehead atoms. The lowest BCUT2D eigenvalue weighted by Gasteiger charge is -2.19. The van der Waals surface area contributed by atoms with Crippen LogP contribution in [0, 0.1) is 12.8 Å². The standard InChI is InChI=1S/C12H19N3O4/c1-4-7(2)11(12(17)18)14-9(16)5-6-10-13-8(3)15-19-10/h7,11H,4-6H2,1-3H3,(H,14,16)(H,17,18)/t7-,11-/m0/s1. The molecule has 0 fully saturated rings. The van der Waals surface area contributed by atoms with Gasteiger partial charge in [0.25, 0.3) is 0 Å². The van der Waals surface area contributed by atoms with Crippen LogP contribution in [0.4, 0.5) is 0 Å². The van der Waals surface area contributed by atoms with Crippen molar-refractivity contribution < 1.29 is 19.2 Å². The Labute approximate surface area is 111 Å². The molecule has 0 aliphatic rings. The molecule has 0 spiro atoms. The molecule has 2 N–H and O–H groups in total. The average Bonchev–Trinajstić information content (AvgIpc) is 2.78. The van der Waals surface area contributed by atoms with E-state index in [0.717, 1.165) is 0 Å². The molecule has 0 radical (unpaired) electrons. The van der Waals surface area contributed by atoms with E-state index in [-0.39, 0.29) is 18.2 Å². The zero-order chi connectivity index (χ0) is 14.4. The second kappa shape index (κ2) is 6.86. The molecule has 0 aliphatic carbocycles. The van der Waals surface area contributed by atoms with Crippen LogP contribution in [-0.2, 0) is 16.0 Å². The first kappa shape index (κ1) is 15.1. The summed E-state index contributed by atoms with van der Waals surface area (Å²) in [5.74, 6) is -0.575. The van der Waals surface area contributed by atoms with Crippen molar-refractivity contribution in [1.82, 2.24) is 15.5 Å². The highest BCUT2D eigenvalue weighted by Crippen LogP contribution is 2.08. The Kier molecular flexibility index (Phi) is 5.47. The lowest BCUT2D eigenvalue weighted by molar-refractivity contribution is -0.143. The molecule has 106 valence electrons. The smallest absolute Gasteiger partial charge is 0.326 e. The first-order valence-electron chi connectivity index (χ1n) is 6.25. The molecule has 1 amide bonds. The van der Waals surface area contributed by atoms with E-state index in [9.17, 15) is 9.59 Å². The molecule has 0 saturated carbocycles. The van der Waals surface area contributed by atoms with Crippen molar-refractivity contribution in [2.75, 3.05) is 0 Å². The van der Waals surface area contributed by atoms with Gasteiger partial charge in [0.15, 0.2) is 5.82 Å². The normalized spacial score (nSPS) is 13.8. The molecule has 19 heavy (non-hydrogen) atoms. The van der Waals surface area contributed by atoms with Crippen molar-refractivity contribution in [2.45, 2.75) is 46.1 Å². The number of carbonyl (C=O) groups is 2. The molecule has 0 aromatic carbocycles. The zero-order valence-electron chi connectivity index (χ0n) is 11.3. The van der Waals surface area contributed by atoms with Crippen molar-refractivity contribution in [2.24, 2.45) is 5.92 Å². The predicted octanol–water partition coefficient (Wildman–Crippen LogP) is 0.926. The molecule has 7 nitrogen and oxygen atoms in total. The van der Waals surface area contributed by atoms with Crippen molar-refractivity contribution in [3.63, 3.8) is 0 Å². The number of aromatic nitrogens is 2. The van der Waals surface area contributed by atoms with Crippen LogP contribution < -0.4 is 5.32 Å². The topological polar surface area (TPSA) is 105 Å². The van der Waals surface area contributed by atoms with Crippen molar-refractivity contribution in [3.05, 3.63) is 11.7 Å². The fourth-order valence-electron chi connectivity index (χ4n) is 1.59. The number of aliphatic carboxylic acids is 1. The molecule has 2 atom stereocenters. The van der Waals surface area contributed by atoms with Gasteiger partial charge in [0.2, 0.25) is 11.8 Å². The van der Waals surface area contributed by atoms with Gasteiger partial charge in [0.1, 0.15) is 6.04 Å². The highest BCUT2D eigenvalue weighted by molar-refractivity contribution is 5.83. The summed E-state index contributed by atoms with van der Waals surface area (Å²) in [5.41, 5.74) is 0. The highest BCUT2D eigenvalue weighted by atomic mass is 16.5. The van der Waals surface area contributed by atoms with Gasteiger partial charge in [-0.05, 0) is 12.8 Å². The Balaban J connectivity index is 2.46. The van der Waals surface area contributed by atoms with Gasteiger partial charge in [-0.3, -0.25) is 4.79 Å². The van der Waals surface area contributed by atoms with Crippen LogP contribution in [0.25, 0.3) is 0 Å². The van der Waals surface area contributed by atoms with Crippen molar-refractivity contribution in [1.29, 1.82) is 0 Å². The van der Waals surface area contributed by atoms with Crippen LogP contribution >= 0.6 is 0 Å². The summed E-state index contributed by atoms with van der Waals surface area (Å²) in [6.07, 6.45) is 1.11. The molecule has 1 aromatic heterocycles. The van der Waals surface area contributed by atoms with E-state index < -0.39 is 12.0 Å². The minimum absolute atomic E-state index is 0.118. The number of rotatable bonds is 7. The maximum Gasteiger partial charge on any atom is 0.326 e. The number of carbonyl (C=O) groups excluding carboxylic acids is 1. The Hall–Kier alpha value is -1.92. The summed E-state index contributed by atoms with van der Waals surface area (Å²) in [7, 11) is 0. The Morgan fingerprint density at radius 3 is 2.63 bits per heavy atom. The molecular weight excluding hydrogens is 250 g/mol. The number of nitrogens with one attached hydrogen (secondary N) is 1. The van der Waals surface area contributed by atoms with E-state index in [1.165, 1.54) is 0 Å². The lowest BCUT2D eigenvalue weighted by atomic mass is 9.99. The molecule has 1 aromatic rings. The Morgan fingerprint density at radius 1 is 1.47 bits per heavy atom. The SMILES string of the molecule is CC[C@H](C)[C@H](NC(=O)CCc1nc(C)no1)C(=O)O. The molecule has 7 heteroatoms. The summed E-state index contributed by atoms with van der Waals surface area (Å²) in [6.45, 7) is 5.37. The first-order valence-corrected chi connectivity index (χ1v) is 6.25. The second-order valence-electron chi connectivity index (χ2n) is 4.50. The van der Waals surface area contributed by atoms with Gasteiger partial charge in [0, 0.05) is 12.8 Å². The molecule has 1 rings (SSSR count). The fourth-order valence-corrected chi connectivity index (χ4v) is 1.59. The number of aryl methyl sites for hydroxylation is 2. The lowest BCUT2D eigenvalue weighted by Crippen LogP contribution is -2.45. The number of carboxylic acid groups (broad SMARTS) is 1. The number of nitrogens with zero attached hydrogens (tertiary/aromatic N) is 2. The van der Waals surface area contributed by atoms with E-state index in [0.29, 0.717) is 24.6 Å². The van der Waals surface area contributed by atoms with Gasteiger partial charge in [-0.1, -0.05) is 25.4 Å². The van der Waals surface area contributed by atoms with E-state index in [1.807, 2.05) is 6.92 Å². The maximum atomic E-state index is 11.7. The Morgan fingerprint density at radius 2 is 2.16 bits per heavy atom. The fraction of sp³-hybridized carbons (Fsp3) is 0.667. The molecule has 0 saturated heterocycles. The van der Waals surface area contributed by atoms with Crippen LogP contribution in [-0.4, -0.2) is 33.2 Å². The molecular formula is C12H19N3O4. The number of hydrogen-bond acceptors (Lipinski definition) is 5. The third-order valence-electron chi connectivity index (χ3n) is 2.93. The van der Waals surface area contributed by atoms with Gasteiger partial charge >= 0.3 is 5.97 Å². The third-order valence-corrected chi connectivity index (χ3v) is 2.93. The quantitative estimate of drug-likeness (QED) is 0.762. The Bertz CT molecular complexity index is 444. The summed E-state index contributed by atoms with van der Waals surface area (Å²) in [6, 6.07) is -0.859. The maximum absolute atomic E-state index is 11.7. The van der Waals surface area contributed by atoms with Crippen LogP contribution in [0.2, 0.25) is 0 Å². The second-order valence-corrected chi connectivity index (χ2v) is 4.50. The predicted molar refractivity (Wildman–Crippen MR) is 66.4 cm³/mol. The van der Waals surface area contributed by atoms with Crippen LogP contribution in [0.1, 0.15) is 38.4 Å². The van der Waals surface area contributed by atoms with Gasteiger partial charge in [0.05, 0.1) is 0 Å². The van der Waals surface area contributed by atoms with E-state index in [2.05, 4.69) is 15.5 Å². The van der Waals surface area contributed by atoms with Crippen molar-refractivity contribution >= 4 is 11.9 Å². The van der Waals surface area contributed by atoms with Gasteiger partial charge < -0.3 is 14.9 Å². The largest absolute Gasteiger partial charge is 0.480 e. The summed E-state index contributed by atoms with van der Waals surface area (Å²) in [4.78, 5) is 26.7. The minimum atomic E-state index is -1.02. The molecule has 0 aliphatic heterocycles. The minimum Gasteiger partial charge on any atom is -0.480 e. The van der Waals surface area contributed by atoms with E-state index in [4.69, 9.17) is 9.63 Å².